The van der Waals surface area contributed by atoms with Gasteiger partial charge in [-0.1, -0.05) is 24.3 Å². The number of nitro groups is 1. The lowest BCUT2D eigenvalue weighted by Gasteiger charge is -2.29. The van der Waals surface area contributed by atoms with Crippen LogP contribution in [0.25, 0.3) is 5.69 Å². The first-order valence-electron chi connectivity index (χ1n) is 10.4. The van der Waals surface area contributed by atoms with Crippen LogP contribution in [0, 0.1) is 10.1 Å². The lowest BCUT2D eigenvalue weighted by atomic mass is 9.99. The van der Waals surface area contributed by atoms with Gasteiger partial charge in [-0.25, -0.2) is 4.98 Å². The van der Waals surface area contributed by atoms with Crippen LogP contribution in [-0.2, 0) is 17.8 Å². The molecule has 2 heterocycles. The van der Waals surface area contributed by atoms with Gasteiger partial charge >= 0.3 is 0 Å². The molecule has 0 saturated heterocycles. The highest BCUT2D eigenvalue weighted by Crippen LogP contribution is 2.24. The number of rotatable bonds is 7. The van der Waals surface area contributed by atoms with E-state index in [2.05, 4.69) is 16.4 Å². The molecule has 2 amide bonds. The molecule has 0 fully saturated rings. The Labute approximate surface area is 184 Å². The monoisotopic (exact) mass is 433 g/mol. The number of imidazole rings is 1. The number of aromatic nitrogens is 2. The van der Waals surface area contributed by atoms with E-state index in [0.717, 1.165) is 6.42 Å². The number of carbonyl (C=O) groups excluding carboxylic acids is 2. The van der Waals surface area contributed by atoms with Crippen molar-refractivity contribution in [1.82, 2.24) is 19.8 Å². The number of carbonyl (C=O) groups is 2. The average molecular weight is 433 g/mol. The van der Waals surface area contributed by atoms with Crippen LogP contribution in [0.4, 0.5) is 5.69 Å². The number of amides is 2. The van der Waals surface area contributed by atoms with Crippen LogP contribution in [0.3, 0.4) is 0 Å². The average Bonchev–Trinajstić information content (AvgIpc) is 3.35. The Morgan fingerprint density at radius 2 is 1.97 bits per heavy atom. The van der Waals surface area contributed by atoms with E-state index in [4.69, 9.17) is 0 Å². The second-order valence-electron chi connectivity index (χ2n) is 7.62. The lowest BCUT2D eigenvalue weighted by Crippen LogP contribution is -2.36. The number of hydrogen-bond donors (Lipinski definition) is 1. The highest BCUT2D eigenvalue weighted by atomic mass is 16.6. The Hall–Kier alpha value is -4.01. The standard InChI is InChI=1S/C23H23N5O4/c29-22(26-12-9-17-4-1-2-5-19(17)15-26)6-3-10-25-23(30)18-7-8-20(21(14-18)28(31)32)27-13-11-24-16-27/h1-2,4-5,7-8,11,13-14,16H,3,6,9-10,12,15H2,(H,25,30). The van der Waals surface area contributed by atoms with Crippen molar-refractivity contribution in [3.05, 3.63) is 88.0 Å². The molecule has 2 aromatic carbocycles. The van der Waals surface area contributed by atoms with Gasteiger partial charge in [-0.05, 0) is 36.1 Å². The molecule has 0 aliphatic carbocycles. The smallest absolute Gasteiger partial charge is 0.294 e. The summed E-state index contributed by atoms with van der Waals surface area (Å²) in [6.45, 7) is 1.63. The van der Waals surface area contributed by atoms with Crippen molar-refractivity contribution in [2.24, 2.45) is 0 Å². The van der Waals surface area contributed by atoms with Gasteiger partial charge < -0.3 is 14.8 Å². The molecule has 1 aliphatic rings. The number of hydrogen-bond acceptors (Lipinski definition) is 5. The summed E-state index contributed by atoms with van der Waals surface area (Å²) in [4.78, 5) is 41.6. The molecule has 0 radical (unpaired) electrons. The molecular formula is C23H23N5O4. The predicted octanol–water partition coefficient (Wildman–Crippen LogP) is 2.88. The summed E-state index contributed by atoms with van der Waals surface area (Å²) < 4.78 is 1.52. The van der Waals surface area contributed by atoms with E-state index in [1.54, 1.807) is 6.20 Å². The minimum Gasteiger partial charge on any atom is -0.352 e. The maximum atomic E-state index is 12.5. The fourth-order valence-electron chi connectivity index (χ4n) is 3.84. The van der Waals surface area contributed by atoms with E-state index in [9.17, 15) is 19.7 Å². The Balaban J connectivity index is 1.29. The van der Waals surface area contributed by atoms with Crippen molar-refractivity contribution in [1.29, 1.82) is 0 Å². The number of nitro benzene ring substituents is 1. The Kier molecular flexibility index (Phi) is 6.25. The normalized spacial score (nSPS) is 12.8. The minimum absolute atomic E-state index is 0.0640. The summed E-state index contributed by atoms with van der Waals surface area (Å²) in [6, 6.07) is 12.4. The van der Waals surface area contributed by atoms with Crippen LogP contribution >= 0.6 is 0 Å². The van der Waals surface area contributed by atoms with Crippen LogP contribution in [0.15, 0.2) is 61.2 Å². The van der Waals surface area contributed by atoms with E-state index < -0.39 is 10.8 Å². The highest BCUT2D eigenvalue weighted by Gasteiger charge is 2.21. The maximum Gasteiger partial charge on any atom is 0.294 e. The molecular weight excluding hydrogens is 410 g/mol. The quantitative estimate of drug-likeness (QED) is 0.350. The molecule has 4 rings (SSSR count). The van der Waals surface area contributed by atoms with Gasteiger partial charge in [0.15, 0.2) is 0 Å². The van der Waals surface area contributed by atoms with Crippen molar-refractivity contribution in [3.8, 4) is 5.69 Å². The van der Waals surface area contributed by atoms with E-state index in [1.165, 1.54) is 46.4 Å². The second-order valence-corrected chi connectivity index (χ2v) is 7.62. The van der Waals surface area contributed by atoms with Crippen molar-refractivity contribution in [2.75, 3.05) is 13.1 Å². The van der Waals surface area contributed by atoms with Crippen LogP contribution in [0.2, 0.25) is 0 Å². The summed E-state index contributed by atoms with van der Waals surface area (Å²) in [5, 5.41) is 14.2. The maximum absolute atomic E-state index is 12.5. The summed E-state index contributed by atoms with van der Waals surface area (Å²) >= 11 is 0. The summed E-state index contributed by atoms with van der Waals surface area (Å²) in [5.74, 6) is -0.348. The summed E-state index contributed by atoms with van der Waals surface area (Å²) in [6.07, 6.45) is 6.26. The molecule has 0 saturated carbocycles. The van der Waals surface area contributed by atoms with Crippen LogP contribution in [-0.4, -0.2) is 44.3 Å². The Bertz CT molecular complexity index is 1140. The molecule has 0 bridgehead atoms. The van der Waals surface area contributed by atoms with Crippen molar-refractivity contribution in [2.45, 2.75) is 25.8 Å². The second kappa shape index (κ2) is 9.42. The summed E-state index contributed by atoms with van der Waals surface area (Å²) in [5.41, 5.74) is 2.81. The molecule has 164 valence electrons. The van der Waals surface area contributed by atoms with Gasteiger partial charge in [0.1, 0.15) is 5.69 Å². The molecule has 0 unspecified atom stereocenters. The molecule has 1 aliphatic heterocycles. The van der Waals surface area contributed by atoms with Crippen LogP contribution in [0.5, 0.6) is 0 Å². The van der Waals surface area contributed by atoms with E-state index >= 15 is 0 Å². The van der Waals surface area contributed by atoms with Gasteiger partial charge in [0, 0.05) is 50.1 Å². The van der Waals surface area contributed by atoms with Crippen LogP contribution < -0.4 is 5.32 Å². The zero-order valence-corrected chi connectivity index (χ0v) is 17.4. The number of benzene rings is 2. The van der Waals surface area contributed by atoms with Gasteiger partial charge in [-0.3, -0.25) is 19.7 Å². The topological polar surface area (TPSA) is 110 Å². The molecule has 1 aromatic heterocycles. The SMILES string of the molecule is O=C(NCCCC(=O)N1CCc2ccccc2C1)c1ccc(-n2ccnc2)c([N+](=O)[O-])c1. The third-order valence-electron chi connectivity index (χ3n) is 5.55. The van der Waals surface area contributed by atoms with Gasteiger partial charge in [-0.2, -0.15) is 0 Å². The first-order valence-corrected chi connectivity index (χ1v) is 10.4. The van der Waals surface area contributed by atoms with Crippen molar-refractivity contribution in [3.63, 3.8) is 0 Å². The van der Waals surface area contributed by atoms with E-state index in [0.29, 0.717) is 38.2 Å². The van der Waals surface area contributed by atoms with Crippen molar-refractivity contribution < 1.29 is 14.5 Å². The highest BCUT2D eigenvalue weighted by molar-refractivity contribution is 5.95. The van der Waals surface area contributed by atoms with Crippen LogP contribution in [0.1, 0.15) is 34.3 Å². The predicted molar refractivity (Wildman–Crippen MR) is 117 cm³/mol. The molecule has 9 heteroatoms. The van der Waals surface area contributed by atoms with Gasteiger partial charge in [-0.15, -0.1) is 0 Å². The zero-order valence-electron chi connectivity index (χ0n) is 17.4. The first-order chi connectivity index (χ1) is 15.5. The molecule has 9 nitrogen and oxygen atoms in total. The third-order valence-corrected chi connectivity index (χ3v) is 5.55. The van der Waals surface area contributed by atoms with Gasteiger partial charge in [0.05, 0.1) is 11.3 Å². The molecule has 32 heavy (non-hydrogen) atoms. The number of nitrogens with zero attached hydrogens (tertiary/aromatic N) is 4. The van der Waals surface area contributed by atoms with Gasteiger partial charge in [0.2, 0.25) is 5.91 Å². The fourth-order valence-corrected chi connectivity index (χ4v) is 3.84. The van der Waals surface area contributed by atoms with E-state index in [-0.39, 0.29) is 17.2 Å². The number of nitrogens with one attached hydrogen (secondary N) is 1. The molecule has 3 aromatic rings. The molecule has 0 atom stereocenters. The third kappa shape index (κ3) is 4.66. The Morgan fingerprint density at radius 3 is 2.72 bits per heavy atom. The minimum atomic E-state index is -0.526. The summed E-state index contributed by atoms with van der Waals surface area (Å²) in [7, 11) is 0. The Morgan fingerprint density at radius 1 is 1.16 bits per heavy atom. The molecule has 0 spiro atoms. The number of fused-ring (bicyclic) bond motifs is 1. The fraction of sp³-hybridized carbons (Fsp3) is 0.261. The van der Waals surface area contributed by atoms with E-state index in [1.807, 2.05) is 23.1 Å². The largest absolute Gasteiger partial charge is 0.352 e. The van der Waals surface area contributed by atoms with Crippen molar-refractivity contribution >= 4 is 17.5 Å². The molecule has 1 N–H and O–H groups in total. The lowest BCUT2D eigenvalue weighted by molar-refractivity contribution is -0.384. The first kappa shape index (κ1) is 21.2. The van der Waals surface area contributed by atoms with Gasteiger partial charge in [0.25, 0.3) is 11.6 Å². The zero-order chi connectivity index (χ0) is 22.5.